The number of carbonyl (C=O) groups excluding carboxylic acids is 1. The lowest BCUT2D eigenvalue weighted by Gasteiger charge is -2.20. The van der Waals surface area contributed by atoms with Gasteiger partial charge in [0.15, 0.2) is 0 Å². The van der Waals surface area contributed by atoms with Crippen molar-refractivity contribution in [2.75, 3.05) is 25.5 Å². The van der Waals surface area contributed by atoms with E-state index in [1.54, 1.807) is 49.5 Å². The van der Waals surface area contributed by atoms with Gasteiger partial charge < -0.3 is 19.7 Å². The van der Waals surface area contributed by atoms with Crippen LogP contribution < -0.4 is 14.8 Å². The minimum atomic E-state index is -0.321. The minimum absolute atomic E-state index is 0.0564. The Bertz CT molecular complexity index is 816. The summed E-state index contributed by atoms with van der Waals surface area (Å²) in [6, 6.07) is 13.7. The fraction of sp³-hybridized carbons (Fsp3) is 0.300. The summed E-state index contributed by atoms with van der Waals surface area (Å²) in [5.41, 5.74) is 0.897. The van der Waals surface area contributed by atoms with E-state index in [1.807, 2.05) is 13.8 Å². The summed E-state index contributed by atoms with van der Waals surface area (Å²) in [6.07, 6.45) is -0.0564. The molecule has 0 spiro atoms. The van der Waals surface area contributed by atoms with Crippen LogP contribution in [-0.2, 0) is 0 Å². The van der Waals surface area contributed by atoms with Gasteiger partial charge >= 0.3 is 6.03 Å². The molecule has 2 amide bonds. The van der Waals surface area contributed by atoms with Crippen molar-refractivity contribution in [2.24, 2.45) is 0 Å². The highest BCUT2D eigenvalue weighted by Crippen LogP contribution is 2.27. The molecule has 2 rings (SSSR count). The van der Waals surface area contributed by atoms with Crippen LogP contribution >= 0.6 is 11.6 Å². The average molecular weight is 388 g/mol. The smallest absolute Gasteiger partial charge is 0.321 e. The van der Waals surface area contributed by atoms with Crippen molar-refractivity contribution >= 4 is 23.3 Å². The Morgan fingerprint density at radius 3 is 2.59 bits per heavy atom. The van der Waals surface area contributed by atoms with Crippen molar-refractivity contribution in [2.45, 2.75) is 20.0 Å². The SMILES string of the molecule is CC(C)Oc1ccc(C#N)cc1NC(=O)N(C)CCOc1ccc(Cl)cc1. The van der Waals surface area contributed by atoms with Gasteiger partial charge in [0, 0.05) is 12.1 Å². The molecule has 142 valence electrons. The van der Waals surface area contributed by atoms with E-state index in [0.29, 0.717) is 40.9 Å². The second-order valence-electron chi connectivity index (χ2n) is 6.14. The fourth-order valence-electron chi connectivity index (χ4n) is 2.20. The zero-order chi connectivity index (χ0) is 19.8. The van der Waals surface area contributed by atoms with Crippen molar-refractivity contribution in [3.8, 4) is 17.6 Å². The Labute approximate surface area is 164 Å². The quantitative estimate of drug-likeness (QED) is 0.756. The van der Waals surface area contributed by atoms with Crippen molar-refractivity contribution < 1.29 is 14.3 Å². The molecule has 1 N–H and O–H groups in total. The number of hydrogen-bond acceptors (Lipinski definition) is 4. The van der Waals surface area contributed by atoms with Gasteiger partial charge in [0.2, 0.25) is 0 Å². The highest BCUT2D eigenvalue weighted by atomic mass is 35.5. The van der Waals surface area contributed by atoms with Gasteiger partial charge in [-0.15, -0.1) is 0 Å². The van der Waals surface area contributed by atoms with Crippen LogP contribution in [0.2, 0.25) is 5.02 Å². The van der Waals surface area contributed by atoms with Crippen LogP contribution in [0.5, 0.6) is 11.5 Å². The van der Waals surface area contributed by atoms with Crippen molar-refractivity contribution in [3.63, 3.8) is 0 Å². The number of nitriles is 1. The highest BCUT2D eigenvalue weighted by molar-refractivity contribution is 6.30. The molecular formula is C20H22ClN3O3. The standard InChI is InChI=1S/C20H22ClN3O3/c1-14(2)27-19-9-4-15(13-22)12-18(19)23-20(25)24(3)10-11-26-17-7-5-16(21)6-8-17/h4-9,12,14H,10-11H2,1-3H3,(H,23,25). The van der Waals surface area contributed by atoms with E-state index in [-0.39, 0.29) is 12.1 Å². The molecule has 2 aromatic carbocycles. The monoisotopic (exact) mass is 387 g/mol. The van der Waals surface area contributed by atoms with Crippen LogP contribution in [0.1, 0.15) is 19.4 Å². The van der Waals surface area contributed by atoms with Crippen LogP contribution in [0.3, 0.4) is 0 Å². The van der Waals surface area contributed by atoms with E-state index in [9.17, 15) is 4.79 Å². The maximum Gasteiger partial charge on any atom is 0.321 e. The number of nitrogens with one attached hydrogen (secondary N) is 1. The molecule has 7 heteroatoms. The van der Waals surface area contributed by atoms with E-state index in [2.05, 4.69) is 11.4 Å². The van der Waals surface area contributed by atoms with Gasteiger partial charge in [-0.25, -0.2) is 4.79 Å². The first-order valence-electron chi connectivity index (χ1n) is 8.50. The number of halogens is 1. The van der Waals surface area contributed by atoms with E-state index < -0.39 is 0 Å². The van der Waals surface area contributed by atoms with Gasteiger partial charge in [-0.3, -0.25) is 0 Å². The fourth-order valence-corrected chi connectivity index (χ4v) is 2.32. The third-order valence-electron chi connectivity index (χ3n) is 3.57. The van der Waals surface area contributed by atoms with E-state index in [4.69, 9.17) is 26.3 Å². The molecular weight excluding hydrogens is 366 g/mol. The molecule has 0 heterocycles. The first-order valence-corrected chi connectivity index (χ1v) is 8.88. The Kier molecular flexibility index (Phi) is 7.33. The van der Waals surface area contributed by atoms with Crippen LogP contribution in [0.15, 0.2) is 42.5 Å². The van der Waals surface area contributed by atoms with Gasteiger partial charge in [-0.2, -0.15) is 5.26 Å². The van der Waals surface area contributed by atoms with E-state index >= 15 is 0 Å². The predicted molar refractivity (Wildman–Crippen MR) is 106 cm³/mol. The summed E-state index contributed by atoms with van der Waals surface area (Å²) < 4.78 is 11.3. The molecule has 0 unspecified atom stereocenters. The van der Waals surface area contributed by atoms with Crippen LogP contribution in [0, 0.1) is 11.3 Å². The molecule has 0 atom stereocenters. The van der Waals surface area contributed by atoms with E-state index in [0.717, 1.165) is 0 Å². The van der Waals surface area contributed by atoms with Crippen LogP contribution in [0.4, 0.5) is 10.5 Å². The first kappa shape index (κ1) is 20.4. The minimum Gasteiger partial charge on any atom is -0.492 e. The van der Waals surface area contributed by atoms with Crippen molar-refractivity contribution in [3.05, 3.63) is 53.1 Å². The molecule has 0 saturated heterocycles. The number of nitrogens with zero attached hydrogens (tertiary/aromatic N) is 2. The number of carbonyl (C=O) groups is 1. The Morgan fingerprint density at radius 1 is 1.26 bits per heavy atom. The number of amides is 2. The van der Waals surface area contributed by atoms with E-state index in [1.165, 1.54) is 4.90 Å². The first-order chi connectivity index (χ1) is 12.9. The second kappa shape index (κ2) is 9.70. The molecule has 0 bridgehead atoms. The number of likely N-dealkylation sites (N-methyl/N-ethyl adjacent to an activating group) is 1. The number of rotatable bonds is 7. The lowest BCUT2D eigenvalue weighted by atomic mass is 10.2. The third kappa shape index (κ3) is 6.39. The van der Waals surface area contributed by atoms with Gasteiger partial charge in [0.05, 0.1) is 30.0 Å². The summed E-state index contributed by atoms with van der Waals surface area (Å²) in [6.45, 7) is 4.50. The zero-order valence-corrected chi connectivity index (χ0v) is 16.3. The van der Waals surface area contributed by atoms with Gasteiger partial charge in [-0.05, 0) is 56.3 Å². The maximum absolute atomic E-state index is 12.4. The molecule has 0 saturated carbocycles. The predicted octanol–water partition coefficient (Wildman–Crippen LogP) is 4.54. The molecule has 0 aliphatic carbocycles. The summed E-state index contributed by atoms with van der Waals surface area (Å²) >= 11 is 5.83. The van der Waals surface area contributed by atoms with Crippen LogP contribution in [0.25, 0.3) is 0 Å². The molecule has 0 aliphatic heterocycles. The molecule has 6 nitrogen and oxygen atoms in total. The average Bonchev–Trinajstić information content (AvgIpc) is 2.64. The Balaban J connectivity index is 1.94. The van der Waals surface area contributed by atoms with Gasteiger partial charge in [-0.1, -0.05) is 11.6 Å². The van der Waals surface area contributed by atoms with Crippen LogP contribution in [-0.4, -0.2) is 37.2 Å². The topological polar surface area (TPSA) is 74.6 Å². The molecule has 0 fully saturated rings. The second-order valence-corrected chi connectivity index (χ2v) is 6.58. The Morgan fingerprint density at radius 2 is 1.96 bits per heavy atom. The normalized spacial score (nSPS) is 10.2. The lowest BCUT2D eigenvalue weighted by molar-refractivity contribution is 0.207. The molecule has 0 radical (unpaired) electrons. The number of benzene rings is 2. The lowest BCUT2D eigenvalue weighted by Crippen LogP contribution is -2.34. The largest absolute Gasteiger partial charge is 0.492 e. The summed E-state index contributed by atoms with van der Waals surface area (Å²) in [4.78, 5) is 13.9. The maximum atomic E-state index is 12.4. The van der Waals surface area contributed by atoms with Gasteiger partial charge in [0.1, 0.15) is 18.1 Å². The summed E-state index contributed by atoms with van der Waals surface area (Å²) in [5.74, 6) is 1.20. The molecule has 0 aromatic heterocycles. The molecule has 2 aromatic rings. The molecule has 0 aliphatic rings. The van der Waals surface area contributed by atoms with Gasteiger partial charge in [0.25, 0.3) is 0 Å². The van der Waals surface area contributed by atoms with Crippen molar-refractivity contribution in [1.29, 1.82) is 5.26 Å². The zero-order valence-electron chi connectivity index (χ0n) is 15.5. The molecule has 27 heavy (non-hydrogen) atoms. The number of anilines is 1. The summed E-state index contributed by atoms with van der Waals surface area (Å²) in [7, 11) is 1.66. The third-order valence-corrected chi connectivity index (χ3v) is 3.82. The highest BCUT2D eigenvalue weighted by Gasteiger charge is 2.14. The summed E-state index contributed by atoms with van der Waals surface area (Å²) in [5, 5.41) is 12.5. The number of hydrogen-bond donors (Lipinski definition) is 1. The Hall–Kier alpha value is -2.91. The number of urea groups is 1. The number of ether oxygens (including phenoxy) is 2. The van der Waals surface area contributed by atoms with Crippen molar-refractivity contribution in [1.82, 2.24) is 4.90 Å².